The highest BCUT2D eigenvalue weighted by molar-refractivity contribution is 9.10. The van der Waals surface area contributed by atoms with Crippen LogP contribution < -0.4 is 0 Å². The summed E-state index contributed by atoms with van der Waals surface area (Å²) < 4.78 is 0.999. The van der Waals surface area contributed by atoms with Gasteiger partial charge in [-0.1, -0.05) is 41.4 Å². The Morgan fingerprint density at radius 3 is 2.88 bits per heavy atom. The first kappa shape index (κ1) is 12.8. The first-order chi connectivity index (χ1) is 8.20. The quantitative estimate of drug-likeness (QED) is 0.878. The summed E-state index contributed by atoms with van der Waals surface area (Å²) in [6.07, 6.45) is 1.72. The standard InChI is InChI=1S/C14H15BrOS/c1-2-4-10-7-13(17-9-10)14(16)11-5-3-6-12(15)8-11/h3,5-9,14,16H,2,4H2,1H3/t14-/m0/s1. The van der Waals surface area contributed by atoms with Crippen molar-refractivity contribution in [2.45, 2.75) is 25.9 Å². The van der Waals surface area contributed by atoms with E-state index in [4.69, 9.17) is 0 Å². The Labute approximate surface area is 114 Å². The number of thiophene rings is 1. The van der Waals surface area contributed by atoms with Crippen LogP contribution in [0.25, 0.3) is 0 Å². The molecular formula is C14H15BrOS. The molecule has 0 aliphatic carbocycles. The topological polar surface area (TPSA) is 20.2 Å². The molecular weight excluding hydrogens is 296 g/mol. The second kappa shape index (κ2) is 5.80. The van der Waals surface area contributed by atoms with E-state index >= 15 is 0 Å². The van der Waals surface area contributed by atoms with Gasteiger partial charge in [-0.05, 0) is 41.1 Å². The summed E-state index contributed by atoms with van der Waals surface area (Å²) >= 11 is 5.06. The lowest BCUT2D eigenvalue weighted by atomic mass is 10.1. The summed E-state index contributed by atoms with van der Waals surface area (Å²) in [7, 11) is 0. The Bertz CT molecular complexity index is 492. The van der Waals surface area contributed by atoms with E-state index in [1.54, 1.807) is 11.3 Å². The highest BCUT2D eigenvalue weighted by atomic mass is 79.9. The summed E-state index contributed by atoms with van der Waals surface area (Å²) in [4.78, 5) is 1.02. The molecule has 1 nitrogen and oxygen atoms in total. The van der Waals surface area contributed by atoms with E-state index < -0.39 is 6.10 Å². The molecule has 0 amide bonds. The lowest BCUT2D eigenvalue weighted by molar-refractivity contribution is 0.224. The van der Waals surface area contributed by atoms with Crippen molar-refractivity contribution >= 4 is 27.3 Å². The summed E-state index contributed by atoms with van der Waals surface area (Å²) in [5, 5.41) is 12.4. The van der Waals surface area contributed by atoms with Crippen molar-refractivity contribution in [2.24, 2.45) is 0 Å². The van der Waals surface area contributed by atoms with Gasteiger partial charge in [0.15, 0.2) is 0 Å². The third-order valence-electron chi connectivity index (χ3n) is 2.65. The van der Waals surface area contributed by atoms with Gasteiger partial charge in [-0.2, -0.15) is 0 Å². The van der Waals surface area contributed by atoms with Gasteiger partial charge in [-0.25, -0.2) is 0 Å². The normalized spacial score (nSPS) is 12.6. The zero-order valence-electron chi connectivity index (χ0n) is 9.69. The number of hydrogen-bond acceptors (Lipinski definition) is 2. The molecule has 0 spiro atoms. The molecule has 0 saturated carbocycles. The van der Waals surface area contributed by atoms with Crippen molar-refractivity contribution in [3.05, 3.63) is 56.2 Å². The number of rotatable bonds is 4. The minimum atomic E-state index is -0.511. The average Bonchev–Trinajstić information content (AvgIpc) is 2.77. The molecule has 2 aromatic rings. The number of halogens is 1. The van der Waals surface area contributed by atoms with E-state index in [2.05, 4.69) is 34.3 Å². The van der Waals surface area contributed by atoms with Crippen LogP contribution in [-0.2, 0) is 6.42 Å². The van der Waals surface area contributed by atoms with Crippen LogP contribution in [0.1, 0.15) is 35.5 Å². The van der Waals surface area contributed by atoms with Crippen molar-refractivity contribution in [1.82, 2.24) is 0 Å². The Morgan fingerprint density at radius 2 is 2.18 bits per heavy atom. The van der Waals surface area contributed by atoms with Crippen molar-refractivity contribution in [3.8, 4) is 0 Å². The van der Waals surface area contributed by atoms with Crippen LogP contribution in [0.15, 0.2) is 40.2 Å². The van der Waals surface area contributed by atoms with E-state index in [1.807, 2.05) is 24.3 Å². The fraction of sp³-hybridized carbons (Fsp3) is 0.286. The molecule has 1 atom stereocenters. The Kier molecular flexibility index (Phi) is 4.37. The zero-order chi connectivity index (χ0) is 12.3. The molecule has 0 radical (unpaired) electrons. The summed E-state index contributed by atoms with van der Waals surface area (Å²) in [6, 6.07) is 9.94. The van der Waals surface area contributed by atoms with E-state index in [-0.39, 0.29) is 0 Å². The molecule has 0 unspecified atom stereocenters. The number of hydrogen-bond donors (Lipinski definition) is 1. The van der Waals surface area contributed by atoms with Gasteiger partial charge in [-0.3, -0.25) is 0 Å². The van der Waals surface area contributed by atoms with Crippen LogP contribution in [0, 0.1) is 0 Å². The minimum Gasteiger partial charge on any atom is -0.383 e. The summed E-state index contributed by atoms with van der Waals surface area (Å²) in [5.74, 6) is 0. The largest absolute Gasteiger partial charge is 0.383 e. The Morgan fingerprint density at radius 1 is 1.35 bits per heavy atom. The number of aryl methyl sites for hydroxylation is 1. The Hall–Kier alpha value is -0.640. The third kappa shape index (κ3) is 3.18. The highest BCUT2D eigenvalue weighted by Gasteiger charge is 2.12. The maximum absolute atomic E-state index is 10.3. The smallest absolute Gasteiger partial charge is 0.113 e. The van der Waals surface area contributed by atoms with Crippen molar-refractivity contribution in [3.63, 3.8) is 0 Å². The molecule has 0 fully saturated rings. The molecule has 2 rings (SSSR count). The summed E-state index contributed by atoms with van der Waals surface area (Å²) in [6.45, 7) is 2.17. The lowest BCUT2D eigenvalue weighted by Crippen LogP contribution is -1.96. The molecule has 0 saturated heterocycles. The molecule has 0 aliphatic heterocycles. The SMILES string of the molecule is CCCc1csc([C@@H](O)c2cccc(Br)c2)c1. The van der Waals surface area contributed by atoms with E-state index in [0.717, 1.165) is 27.8 Å². The van der Waals surface area contributed by atoms with E-state index in [0.29, 0.717) is 0 Å². The Balaban J connectivity index is 2.21. The first-order valence-corrected chi connectivity index (χ1v) is 7.39. The molecule has 0 aliphatic rings. The fourth-order valence-corrected chi connectivity index (χ4v) is 3.17. The van der Waals surface area contributed by atoms with Crippen LogP contribution in [0.2, 0.25) is 0 Å². The lowest BCUT2D eigenvalue weighted by Gasteiger charge is -2.08. The second-order valence-corrected chi connectivity index (χ2v) is 5.92. The van der Waals surface area contributed by atoms with Gasteiger partial charge < -0.3 is 5.11 Å². The molecule has 17 heavy (non-hydrogen) atoms. The maximum Gasteiger partial charge on any atom is 0.113 e. The zero-order valence-corrected chi connectivity index (χ0v) is 12.1. The van der Waals surface area contributed by atoms with Gasteiger partial charge in [0.1, 0.15) is 6.10 Å². The van der Waals surface area contributed by atoms with Crippen LogP contribution in [0.3, 0.4) is 0 Å². The number of aliphatic hydroxyl groups is 1. The molecule has 3 heteroatoms. The monoisotopic (exact) mass is 310 g/mol. The fourth-order valence-electron chi connectivity index (χ4n) is 1.80. The predicted molar refractivity (Wildman–Crippen MR) is 76.5 cm³/mol. The molecule has 0 bridgehead atoms. The first-order valence-electron chi connectivity index (χ1n) is 5.71. The van der Waals surface area contributed by atoms with Gasteiger partial charge in [0.25, 0.3) is 0 Å². The van der Waals surface area contributed by atoms with Gasteiger partial charge in [0.2, 0.25) is 0 Å². The number of benzene rings is 1. The van der Waals surface area contributed by atoms with Crippen molar-refractivity contribution in [1.29, 1.82) is 0 Å². The third-order valence-corrected chi connectivity index (χ3v) is 4.17. The van der Waals surface area contributed by atoms with E-state index in [1.165, 1.54) is 5.56 Å². The molecule has 1 aromatic carbocycles. The number of aliphatic hydroxyl groups excluding tert-OH is 1. The van der Waals surface area contributed by atoms with Gasteiger partial charge in [0.05, 0.1) is 0 Å². The van der Waals surface area contributed by atoms with Gasteiger partial charge in [-0.15, -0.1) is 11.3 Å². The molecule has 90 valence electrons. The van der Waals surface area contributed by atoms with E-state index in [9.17, 15) is 5.11 Å². The maximum atomic E-state index is 10.3. The molecule has 1 heterocycles. The molecule has 1 N–H and O–H groups in total. The van der Waals surface area contributed by atoms with Gasteiger partial charge in [0, 0.05) is 9.35 Å². The molecule has 1 aromatic heterocycles. The highest BCUT2D eigenvalue weighted by Crippen LogP contribution is 2.29. The van der Waals surface area contributed by atoms with Crippen LogP contribution in [0.4, 0.5) is 0 Å². The average molecular weight is 311 g/mol. The minimum absolute atomic E-state index is 0.511. The van der Waals surface area contributed by atoms with Gasteiger partial charge >= 0.3 is 0 Å². The summed E-state index contributed by atoms with van der Waals surface area (Å²) in [5.41, 5.74) is 2.26. The second-order valence-electron chi connectivity index (χ2n) is 4.06. The van der Waals surface area contributed by atoms with Crippen molar-refractivity contribution in [2.75, 3.05) is 0 Å². The van der Waals surface area contributed by atoms with Crippen LogP contribution >= 0.6 is 27.3 Å². The van der Waals surface area contributed by atoms with Crippen LogP contribution in [-0.4, -0.2) is 5.11 Å². The van der Waals surface area contributed by atoms with Crippen molar-refractivity contribution < 1.29 is 5.11 Å². The van der Waals surface area contributed by atoms with Crippen LogP contribution in [0.5, 0.6) is 0 Å². The predicted octanol–water partition coefficient (Wildman–Crippen LogP) is 4.54.